The minimum atomic E-state index is 0.431. The molecule has 0 radical (unpaired) electrons. The SMILES string of the molecule is Cn1cnnc1CCNC(c1ccc(Cl)cc1)C1CC1. The van der Waals surface area contributed by atoms with Crippen molar-refractivity contribution in [2.24, 2.45) is 13.0 Å². The number of nitrogens with one attached hydrogen (secondary N) is 1. The number of rotatable bonds is 6. The first kappa shape index (κ1) is 13.6. The number of nitrogens with zero attached hydrogens (tertiary/aromatic N) is 3. The van der Waals surface area contributed by atoms with Crippen molar-refractivity contribution in [1.29, 1.82) is 0 Å². The van der Waals surface area contributed by atoms with E-state index in [9.17, 15) is 0 Å². The molecular weight excluding hydrogens is 272 g/mol. The summed E-state index contributed by atoms with van der Waals surface area (Å²) in [6.07, 6.45) is 5.26. The van der Waals surface area contributed by atoms with Crippen molar-refractivity contribution in [2.45, 2.75) is 25.3 Å². The Morgan fingerprint density at radius 1 is 1.35 bits per heavy atom. The van der Waals surface area contributed by atoms with Gasteiger partial charge in [0.15, 0.2) is 0 Å². The Labute approximate surface area is 124 Å². The zero-order valence-corrected chi connectivity index (χ0v) is 12.3. The van der Waals surface area contributed by atoms with Crippen molar-refractivity contribution in [2.75, 3.05) is 6.54 Å². The van der Waals surface area contributed by atoms with Gasteiger partial charge in [-0.15, -0.1) is 10.2 Å². The second-order valence-electron chi connectivity index (χ2n) is 5.43. The molecule has 1 atom stereocenters. The molecule has 106 valence electrons. The minimum Gasteiger partial charge on any atom is -0.321 e. The molecule has 1 unspecified atom stereocenters. The molecular formula is C15H19ClN4. The van der Waals surface area contributed by atoms with E-state index in [1.165, 1.54) is 18.4 Å². The zero-order valence-electron chi connectivity index (χ0n) is 11.6. The lowest BCUT2D eigenvalue weighted by molar-refractivity contribution is 0.479. The molecule has 1 aliphatic rings. The predicted octanol–water partition coefficient (Wildman–Crippen LogP) is 2.75. The van der Waals surface area contributed by atoms with Crippen molar-refractivity contribution in [1.82, 2.24) is 20.1 Å². The van der Waals surface area contributed by atoms with E-state index >= 15 is 0 Å². The van der Waals surface area contributed by atoms with Crippen LogP contribution in [0.4, 0.5) is 0 Å². The highest BCUT2D eigenvalue weighted by Crippen LogP contribution is 2.41. The maximum absolute atomic E-state index is 5.96. The highest BCUT2D eigenvalue weighted by Gasteiger charge is 2.31. The largest absolute Gasteiger partial charge is 0.321 e. The van der Waals surface area contributed by atoms with E-state index in [4.69, 9.17) is 11.6 Å². The van der Waals surface area contributed by atoms with Gasteiger partial charge in [0.2, 0.25) is 0 Å². The number of aromatic nitrogens is 3. The lowest BCUT2D eigenvalue weighted by Gasteiger charge is -2.18. The van der Waals surface area contributed by atoms with Crippen LogP contribution in [0.25, 0.3) is 0 Å². The summed E-state index contributed by atoms with van der Waals surface area (Å²) in [5.74, 6) is 1.78. The Bertz CT molecular complexity index is 560. The maximum Gasteiger partial charge on any atom is 0.133 e. The predicted molar refractivity (Wildman–Crippen MR) is 79.6 cm³/mol. The van der Waals surface area contributed by atoms with E-state index in [1.807, 2.05) is 23.7 Å². The molecule has 5 heteroatoms. The first-order valence-electron chi connectivity index (χ1n) is 7.06. The average molecular weight is 291 g/mol. The number of benzene rings is 1. The quantitative estimate of drug-likeness (QED) is 0.889. The van der Waals surface area contributed by atoms with Crippen molar-refractivity contribution < 1.29 is 0 Å². The van der Waals surface area contributed by atoms with Crippen LogP contribution in [0.1, 0.15) is 30.3 Å². The fourth-order valence-electron chi connectivity index (χ4n) is 2.53. The molecule has 3 rings (SSSR count). The van der Waals surface area contributed by atoms with Crippen molar-refractivity contribution in [3.05, 3.63) is 47.0 Å². The number of halogens is 1. The van der Waals surface area contributed by atoms with Crippen LogP contribution in [-0.4, -0.2) is 21.3 Å². The molecule has 0 spiro atoms. The second-order valence-corrected chi connectivity index (χ2v) is 5.87. The summed E-state index contributed by atoms with van der Waals surface area (Å²) in [6.45, 7) is 0.913. The first-order chi connectivity index (χ1) is 9.74. The molecule has 1 aromatic carbocycles. The van der Waals surface area contributed by atoms with Crippen molar-refractivity contribution >= 4 is 11.6 Å². The van der Waals surface area contributed by atoms with Crippen LogP contribution in [0, 0.1) is 5.92 Å². The molecule has 20 heavy (non-hydrogen) atoms. The minimum absolute atomic E-state index is 0.431. The second kappa shape index (κ2) is 5.94. The third kappa shape index (κ3) is 3.19. The van der Waals surface area contributed by atoms with Crippen LogP contribution < -0.4 is 5.32 Å². The number of hydrogen-bond donors (Lipinski definition) is 1. The number of aryl methyl sites for hydroxylation is 1. The number of hydrogen-bond acceptors (Lipinski definition) is 3. The molecule has 0 bridgehead atoms. The van der Waals surface area contributed by atoms with Gasteiger partial charge < -0.3 is 9.88 Å². The van der Waals surface area contributed by atoms with Crippen molar-refractivity contribution in [3.8, 4) is 0 Å². The Morgan fingerprint density at radius 3 is 2.70 bits per heavy atom. The molecule has 4 nitrogen and oxygen atoms in total. The average Bonchev–Trinajstić information content (AvgIpc) is 3.20. The summed E-state index contributed by atoms with van der Waals surface area (Å²) in [4.78, 5) is 0. The van der Waals surface area contributed by atoms with Gasteiger partial charge in [0.1, 0.15) is 12.2 Å². The molecule has 1 heterocycles. The van der Waals surface area contributed by atoms with Crippen LogP contribution in [0.2, 0.25) is 5.02 Å². The van der Waals surface area contributed by atoms with Gasteiger partial charge in [-0.3, -0.25) is 0 Å². The molecule has 1 saturated carbocycles. The highest BCUT2D eigenvalue weighted by atomic mass is 35.5. The third-order valence-corrected chi connectivity index (χ3v) is 4.09. The first-order valence-corrected chi connectivity index (χ1v) is 7.43. The summed E-state index contributed by atoms with van der Waals surface area (Å²) in [6, 6.07) is 8.62. The lowest BCUT2D eigenvalue weighted by atomic mass is 10.0. The van der Waals surface area contributed by atoms with Crippen LogP contribution in [0.15, 0.2) is 30.6 Å². The summed E-state index contributed by atoms with van der Waals surface area (Å²) in [5, 5.41) is 12.5. The molecule has 1 aromatic heterocycles. The van der Waals surface area contributed by atoms with Gasteiger partial charge in [-0.25, -0.2) is 0 Å². The van der Waals surface area contributed by atoms with Gasteiger partial charge >= 0.3 is 0 Å². The fraction of sp³-hybridized carbons (Fsp3) is 0.467. The van der Waals surface area contributed by atoms with E-state index in [-0.39, 0.29) is 0 Å². The zero-order chi connectivity index (χ0) is 13.9. The van der Waals surface area contributed by atoms with E-state index in [1.54, 1.807) is 6.33 Å². The van der Waals surface area contributed by atoms with Gasteiger partial charge in [-0.2, -0.15) is 0 Å². The van der Waals surface area contributed by atoms with Crippen LogP contribution >= 0.6 is 11.6 Å². The molecule has 0 saturated heterocycles. The summed E-state index contributed by atoms with van der Waals surface area (Å²) in [5.41, 5.74) is 1.33. The van der Waals surface area contributed by atoms with Gasteiger partial charge in [-0.1, -0.05) is 23.7 Å². The molecule has 1 N–H and O–H groups in total. The van der Waals surface area contributed by atoms with E-state index in [2.05, 4.69) is 27.6 Å². The standard InChI is InChI=1S/C15H19ClN4/c1-20-10-18-19-14(20)8-9-17-15(11-2-3-11)12-4-6-13(16)7-5-12/h4-7,10-11,15,17H,2-3,8-9H2,1H3. The van der Waals surface area contributed by atoms with Crippen LogP contribution in [0.3, 0.4) is 0 Å². The Morgan fingerprint density at radius 2 is 2.10 bits per heavy atom. The summed E-state index contributed by atoms with van der Waals surface area (Å²) >= 11 is 5.96. The molecule has 1 aliphatic carbocycles. The topological polar surface area (TPSA) is 42.7 Å². The van der Waals surface area contributed by atoms with Crippen LogP contribution in [-0.2, 0) is 13.5 Å². The molecule has 0 amide bonds. The van der Waals surface area contributed by atoms with Crippen molar-refractivity contribution in [3.63, 3.8) is 0 Å². The van der Waals surface area contributed by atoms with Gasteiger partial charge in [-0.05, 0) is 36.5 Å². The van der Waals surface area contributed by atoms with Gasteiger partial charge in [0.25, 0.3) is 0 Å². The van der Waals surface area contributed by atoms with Gasteiger partial charge in [0, 0.05) is 31.1 Å². The maximum atomic E-state index is 5.96. The fourth-order valence-corrected chi connectivity index (χ4v) is 2.66. The highest BCUT2D eigenvalue weighted by molar-refractivity contribution is 6.30. The Balaban J connectivity index is 1.60. The van der Waals surface area contributed by atoms with E-state index in [0.29, 0.717) is 6.04 Å². The molecule has 2 aromatic rings. The monoisotopic (exact) mass is 290 g/mol. The van der Waals surface area contributed by atoms with Gasteiger partial charge in [0.05, 0.1) is 0 Å². The summed E-state index contributed by atoms with van der Waals surface area (Å²) in [7, 11) is 1.98. The van der Waals surface area contributed by atoms with E-state index in [0.717, 1.165) is 29.7 Å². The molecule has 1 fully saturated rings. The Kier molecular flexibility index (Phi) is 4.03. The smallest absolute Gasteiger partial charge is 0.133 e. The normalized spacial score (nSPS) is 16.3. The summed E-state index contributed by atoms with van der Waals surface area (Å²) < 4.78 is 1.97. The lowest BCUT2D eigenvalue weighted by Crippen LogP contribution is -2.26. The third-order valence-electron chi connectivity index (χ3n) is 3.84. The molecule has 0 aliphatic heterocycles. The Hall–Kier alpha value is -1.39. The van der Waals surface area contributed by atoms with E-state index < -0.39 is 0 Å². The van der Waals surface area contributed by atoms with Crippen LogP contribution in [0.5, 0.6) is 0 Å².